The normalized spacial score (nSPS) is 51.3. The number of methoxy groups -OCH3 is 1. The summed E-state index contributed by atoms with van der Waals surface area (Å²) in [5, 5.41) is 0. The zero-order valence-electron chi connectivity index (χ0n) is 9.91. The Morgan fingerprint density at radius 3 is 2.33 bits per heavy atom. The van der Waals surface area contributed by atoms with Crippen molar-refractivity contribution in [2.45, 2.75) is 32.6 Å². The summed E-state index contributed by atoms with van der Waals surface area (Å²) in [7, 11) is 1.82. The molecule has 0 heterocycles. The third-order valence-electron chi connectivity index (χ3n) is 5.17. The summed E-state index contributed by atoms with van der Waals surface area (Å²) in [6.45, 7) is 3.42. The molecule has 84 valence electrons. The molecule has 4 unspecified atom stereocenters. The van der Waals surface area contributed by atoms with Crippen molar-refractivity contribution in [1.29, 1.82) is 0 Å². The summed E-state index contributed by atoms with van der Waals surface area (Å²) < 4.78 is 5.24. The summed E-state index contributed by atoms with van der Waals surface area (Å²) in [5.41, 5.74) is 0.578. The molecule has 15 heavy (non-hydrogen) atoms. The van der Waals surface area contributed by atoms with E-state index in [0.717, 1.165) is 30.3 Å². The molecule has 3 rings (SSSR count). The number of ether oxygens (including phenoxy) is 1. The minimum absolute atomic E-state index is 0.578. The summed E-state index contributed by atoms with van der Waals surface area (Å²) >= 11 is 0. The van der Waals surface area contributed by atoms with Crippen molar-refractivity contribution in [3.63, 3.8) is 0 Å². The lowest BCUT2D eigenvalue weighted by Crippen LogP contribution is -2.16. The molecule has 0 aromatic rings. The molecule has 0 amide bonds. The minimum atomic E-state index is 0.578. The molecule has 4 atom stereocenters. The van der Waals surface area contributed by atoms with Crippen LogP contribution < -0.4 is 0 Å². The highest BCUT2D eigenvalue weighted by Crippen LogP contribution is 2.61. The van der Waals surface area contributed by atoms with Gasteiger partial charge in [0.25, 0.3) is 0 Å². The van der Waals surface area contributed by atoms with Crippen LogP contribution in [0.2, 0.25) is 0 Å². The predicted molar refractivity (Wildman–Crippen MR) is 61.6 cm³/mol. The maximum Gasteiger partial charge on any atom is 0.0467 e. The summed E-state index contributed by atoms with van der Waals surface area (Å²) in [6.07, 6.45) is 10.6. The van der Waals surface area contributed by atoms with Gasteiger partial charge in [0.1, 0.15) is 0 Å². The molecule has 0 aliphatic heterocycles. The van der Waals surface area contributed by atoms with Crippen LogP contribution >= 0.6 is 0 Å². The quantitative estimate of drug-likeness (QED) is 0.644. The fourth-order valence-electron chi connectivity index (χ4n) is 4.41. The predicted octanol–water partition coefficient (Wildman–Crippen LogP) is 3.26. The summed E-state index contributed by atoms with van der Waals surface area (Å²) in [4.78, 5) is 0. The molecule has 3 aliphatic rings. The molecule has 2 saturated carbocycles. The van der Waals surface area contributed by atoms with E-state index in [0.29, 0.717) is 5.41 Å². The zero-order chi connectivity index (χ0) is 10.5. The number of rotatable bonds is 3. The lowest BCUT2D eigenvalue weighted by molar-refractivity contribution is 0.139. The molecular formula is C14H22O. The first-order valence-corrected chi connectivity index (χ1v) is 6.39. The molecule has 0 aromatic heterocycles. The van der Waals surface area contributed by atoms with Crippen LogP contribution in [0.4, 0.5) is 0 Å². The van der Waals surface area contributed by atoms with Crippen molar-refractivity contribution in [2.75, 3.05) is 13.7 Å². The number of fused-ring (bicyclic) bond motifs is 5. The van der Waals surface area contributed by atoms with E-state index in [-0.39, 0.29) is 0 Å². The first-order chi connectivity index (χ1) is 7.22. The van der Waals surface area contributed by atoms with Gasteiger partial charge in [-0.2, -0.15) is 0 Å². The monoisotopic (exact) mass is 206 g/mol. The van der Waals surface area contributed by atoms with E-state index < -0.39 is 0 Å². The molecular weight excluding hydrogens is 184 g/mol. The van der Waals surface area contributed by atoms with Gasteiger partial charge in [-0.15, -0.1) is 0 Å². The Morgan fingerprint density at radius 2 is 1.80 bits per heavy atom. The molecule has 0 spiro atoms. The van der Waals surface area contributed by atoms with Crippen LogP contribution in [0.15, 0.2) is 12.2 Å². The molecule has 3 aliphatic carbocycles. The van der Waals surface area contributed by atoms with E-state index in [9.17, 15) is 0 Å². The first-order valence-electron chi connectivity index (χ1n) is 6.39. The molecule has 1 heteroatoms. The third-order valence-corrected chi connectivity index (χ3v) is 5.17. The Hall–Kier alpha value is -0.300. The number of hydrogen-bond donors (Lipinski definition) is 0. The Kier molecular flexibility index (Phi) is 2.21. The van der Waals surface area contributed by atoms with Crippen molar-refractivity contribution in [3.8, 4) is 0 Å². The van der Waals surface area contributed by atoms with Gasteiger partial charge in [-0.1, -0.05) is 19.1 Å². The van der Waals surface area contributed by atoms with E-state index in [1.54, 1.807) is 0 Å². The second-order valence-electron chi connectivity index (χ2n) is 6.24. The number of hydrogen-bond acceptors (Lipinski definition) is 1. The van der Waals surface area contributed by atoms with E-state index in [2.05, 4.69) is 19.1 Å². The standard InChI is InChI=1S/C14H22O/c1-14(5-6-15-2)8-12-10-3-4-11(7-10)13(12)9-14/h3-4,10-13H,5-9H2,1-2H3. The SMILES string of the molecule is COCCC1(C)CC2C3C=CC(C3)C2C1. The van der Waals surface area contributed by atoms with Crippen LogP contribution in [0.5, 0.6) is 0 Å². The van der Waals surface area contributed by atoms with Crippen LogP contribution in [0.25, 0.3) is 0 Å². The van der Waals surface area contributed by atoms with Gasteiger partial charge in [-0.05, 0) is 54.8 Å². The van der Waals surface area contributed by atoms with Gasteiger partial charge in [0.2, 0.25) is 0 Å². The van der Waals surface area contributed by atoms with Crippen LogP contribution in [0, 0.1) is 29.1 Å². The van der Waals surface area contributed by atoms with Crippen molar-refractivity contribution in [2.24, 2.45) is 29.1 Å². The smallest absolute Gasteiger partial charge is 0.0467 e. The molecule has 0 aromatic carbocycles. The highest BCUT2D eigenvalue weighted by Gasteiger charge is 2.52. The van der Waals surface area contributed by atoms with Gasteiger partial charge in [0.05, 0.1) is 0 Å². The Bertz CT molecular complexity index is 261. The van der Waals surface area contributed by atoms with Crippen molar-refractivity contribution in [3.05, 3.63) is 12.2 Å². The Morgan fingerprint density at radius 1 is 1.20 bits per heavy atom. The zero-order valence-corrected chi connectivity index (χ0v) is 9.91. The largest absolute Gasteiger partial charge is 0.385 e. The van der Waals surface area contributed by atoms with Crippen LogP contribution in [-0.4, -0.2) is 13.7 Å². The van der Waals surface area contributed by atoms with E-state index in [1.807, 2.05) is 7.11 Å². The van der Waals surface area contributed by atoms with E-state index in [1.165, 1.54) is 25.7 Å². The summed E-state index contributed by atoms with van der Waals surface area (Å²) in [6, 6.07) is 0. The highest BCUT2D eigenvalue weighted by atomic mass is 16.5. The van der Waals surface area contributed by atoms with Crippen LogP contribution in [-0.2, 0) is 4.74 Å². The molecule has 0 N–H and O–H groups in total. The van der Waals surface area contributed by atoms with Gasteiger partial charge in [0.15, 0.2) is 0 Å². The summed E-state index contributed by atoms with van der Waals surface area (Å²) in [5.74, 6) is 3.90. The van der Waals surface area contributed by atoms with Gasteiger partial charge in [-0.25, -0.2) is 0 Å². The molecule has 2 bridgehead atoms. The fraction of sp³-hybridized carbons (Fsp3) is 0.857. The molecule has 0 radical (unpaired) electrons. The van der Waals surface area contributed by atoms with Crippen molar-refractivity contribution in [1.82, 2.24) is 0 Å². The van der Waals surface area contributed by atoms with Crippen LogP contribution in [0.3, 0.4) is 0 Å². The molecule has 1 nitrogen and oxygen atoms in total. The third kappa shape index (κ3) is 1.47. The van der Waals surface area contributed by atoms with Gasteiger partial charge in [-0.3, -0.25) is 0 Å². The highest BCUT2D eigenvalue weighted by molar-refractivity contribution is 5.17. The molecule has 2 fully saturated rings. The van der Waals surface area contributed by atoms with Crippen molar-refractivity contribution >= 4 is 0 Å². The topological polar surface area (TPSA) is 9.23 Å². The second kappa shape index (κ2) is 3.35. The maximum absolute atomic E-state index is 5.24. The minimum Gasteiger partial charge on any atom is -0.385 e. The van der Waals surface area contributed by atoms with E-state index in [4.69, 9.17) is 4.74 Å². The first kappa shape index (κ1) is 9.89. The lowest BCUT2D eigenvalue weighted by Gasteiger charge is -2.25. The number of allylic oxidation sites excluding steroid dienone is 2. The Balaban J connectivity index is 1.70. The van der Waals surface area contributed by atoms with Gasteiger partial charge >= 0.3 is 0 Å². The average molecular weight is 206 g/mol. The van der Waals surface area contributed by atoms with Gasteiger partial charge in [0, 0.05) is 13.7 Å². The maximum atomic E-state index is 5.24. The van der Waals surface area contributed by atoms with Gasteiger partial charge < -0.3 is 4.74 Å². The second-order valence-corrected chi connectivity index (χ2v) is 6.24. The lowest BCUT2D eigenvalue weighted by atomic mass is 9.81. The Labute approximate surface area is 92.9 Å². The van der Waals surface area contributed by atoms with E-state index >= 15 is 0 Å². The fourth-order valence-corrected chi connectivity index (χ4v) is 4.41. The van der Waals surface area contributed by atoms with Crippen molar-refractivity contribution < 1.29 is 4.74 Å². The van der Waals surface area contributed by atoms with Crippen LogP contribution in [0.1, 0.15) is 32.6 Å². The average Bonchev–Trinajstić information content (AvgIpc) is 2.84. The molecule has 0 saturated heterocycles.